The number of hydrogen-bond acceptors (Lipinski definition) is 2. The van der Waals surface area contributed by atoms with E-state index >= 15 is 0 Å². The first-order valence-electron chi connectivity index (χ1n) is 6.06. The van der Waals surface area contributed by atoms with Crippen LogP contribution in [0.2, 0.25) is 0 Å². The molecule has 0 saturated carbocycles. The average Bonchev–Trinajstić information content (AvgIpc) is 2.36. The van der Waals surface area contributed by atoms with Gasteiger partial charge in [-0.1, -0.05) is 26.0 Å². The van der Waals surface area contributed by atoms with E-state index in [1.54, 1.807) is 7.11 Å². The SMILES string of the molecule is COc1ccc(CC(=O)NCC(Cl)C(C)C)cc1. The molecule has 0 saturated heterocycles. The van der Waals surface area contributed by atoms with Gasteiger partial charge in [0.1, 0.15) is 5.75 Å². The topological polar surface area (TPSA) is 38.3 Å². The third-order valence-electron chi connectivity index (χ3n) is 2.74. The average molecular weight is 270 g/mol. The van der Waals surface area contributed by atoms with E-state index < -0.39 is 0 Å². The number of alkyl halides is 1. The zero-order chi connectivity index (χ0) is 13.5. The fourth-order valence-corrected chi connectivity index (χ4v) is 1.52. The molecule has 0 aliphatic heterocycles. The van der Waals surface area contributed by atoms with E-state index in [0.29, 0.717) is 18.9 Å². The molecular weight excluding hydrogens is 250 g/mol. The van der Waals surface area contributed by atoms with Crippen molar-refractivity contribution >= 4 is 17.5 Å². The number of ether oxygens (including phenoxy) is 1. The molecule has 1 rings (SSSR count). The van der Waals surface area contributed by atoms with E-state index in [-0.39, 0.29) is 11.3 Å². The highest BCUT2D eigenvalue weighted by molar-refractivity contribution is 6.21. The van der Waals surface area contributed by atoms with Gasteiger partial charge in [-0.2, -0.15) is 0 Å². The summed E-state index contributed by atoms with van der Waals surface area (Å²) in [5.74, 6) is 1.14. The molecule has 100 valence electrons. The van der Waals surface area contributed by atoms with Crippen LogP contribution in [0, 0.1) is 5.92 Å². The van der Waals surface area contributed by atoms with Crippen molar-refractivity contribution in [3.63, 3.8) is 0 Å². The number of rotatable bonds is 6. The second-order valence-corrected chi connectivity index (χ2v) is 5.15. The normalized spacial score (nSPS) is 12.3. The number of benzene rings is 1. The van der Waals surface area contributed by atoms with Gasteiger partial charge in [-0.3, -0.25) is 4.79 Å². The highest BCUT2D eigenvalue weighted by Gasteiger charge is 2.11. The van der Waals surface area contributed by atoms with Gasteiger partial charge in [-0.05, 0) is 23.6 Å². The van der Waals surface area contributed by atoms with Crippen LogP contribution in [-0.2, 0) is 11.2 Å². The lowest BCUT2D eigenvalue weighted by molar-refractivity contribution is -0.120. The van der Waals surface area contributed by atoms with E-state index in [1.165, 1.54) is 0 Å². The van der Waals surface area contributed by atoms with Gasteiger partial charge in [-0.25, -0.2) is 0 Å². The molecule has 1 amide bonds. The Hall–Kier alpha value is -1.22. The van der Waals surface area contributed by atoms with Crippen molar-refractivity contribution in [3.8, 4) is 5.75 Å². The van der Waals surface area contributed by atoms with E-state index in [0.717, 1.165) is 11.3 Å². The number of carbonyl (C=O) groups is 1. The Morgan fingerprint density at radius 2 is 1.94 bits per heavy atom. The first kappa shape index (κ1) is 14.8. The quantitative estimate of drug-likeness (QED) is 0.807. The molecular formula is C14H20ClNO2. The first-order valence-corrected chi connectivity index (χ1v) is 6.50. The van der Waals surface area contributed by atoms with Gasteiger partial charge >= 0.3 is 0 Å². The Labute approximate surface area is 113 Å². The molecule has 18 heavy (non-hydrogen) atoms. The number of methoxy groups -OCH3 is 1. The van der Waals surface area contributed by atoms with Crippen molar-refractivity contribution in [3.05, 3.63) is 29.8 Å². The van der Waals surface area contributed by atoms with E-state index in [9.17, 15) is 4.79 Å². The van der Waals surface area contributed by atoms with E-state index in [1.807, 2.05) is 38.1 Å². The Balaban J connectivity index is 2.39. The minimum absolute atomic E-state index is 0.00790. The second kappa shape index (κ2) is 7.27. The molecule has 4 heteroatoms. The largest absolute Gasteiger partial charge is 0.497 e. The molecule has 0 heterocycles. The van der Waals surface area contributed by atoms with Crippen molar-refractivity contribution in [1.29, 1.82) is 0 Å². The maximum absolute atomic E-state index is 11.7. The molecule has 3 nitrogen and oxygen atoms in total. The minimum atomic E-state index is -0.0233. The molecule has 1 unspecified atom stereocenters. The highest BCUT2D eigenvalue weighted by atomic mass is 35.5. The van der Waals surface area contributed by atoms with E-state index in [2.05, 4.69) is 5.32 Å². The van der Waals surface area contributed by atoms with Crippen LogP contribution in [0.5, 0.6) is 5.75 Å². The van der Waals surface area contributed by atoms with Crippen molar-refractivity contribution < 1.29 is 9.53 Å². The van der Waals surface area contributed by atoms with Crippen molar-refractivity contribution in [1.82, 2.24) is 5.32 Å². The summed E-state index contributed by atoms with van der Waals surface area (Å²) in [6.07, 6.45) is 0.367. The third-order valence-corrected chi connectivity index (χ3v) is 3.40. The number of amides is 1. The zero-order valence-corrected chi connectivity index (χ0v) is 11.8. The lowest BCUT2D eigenvalue weighted by Crippen LogP contribution is -2.32. The van der Waals surface area contributed by atoms with Gasteiger partial charge in [0.25, 0.3) is 0 Å². The first-order chi connectivity index (χ1) is 8.52. The molecule has 0 aromatic heterocycles. The minimum Gasteiger partial charge on any atom is -0.497 e. The maximum atomic E-state index is 11.7. The highest BCUT2D eigenvalue weighted by Crippen LogP contribution is 2.12. The molecule has 0 radical (unpaired) electrons. The molecule has 0 aliphatic carbocycles. The molecule has 0 bridgehead atoms. The monoisotopic (exact) mass is 269 g/mol. The maximum Gasteiger partial charge on any atom is 0.224 e. The summed E-state index contributed by atoms with van der Waals surface area (Å²) in [4.78, 5) is 11.7. The number of halogens is 1. The van der Waals surface area contributed by atoms with Gasteiger partial charge in [0, 0.05) is 6.54 Å². The summed E-state index contributed by atoms with van der Waals surface area (Å²) in [6, 6.07) is 7.47. The lowest BCUT2D eigenvalue weighted by atomic mass is 10.1. The summed E-state index contributed by atoms with van der Waals surface area (Å²) >= 11 is 6.07. The van der Waals surface area contributed by atoms with Crippen molar-refractivity contribution in [2.24, 2.45) is 5.92 Å². The van der Waals surface area contributed by atoms with Gasteiger partial charge in [0.15, 0.2) is 0 Å². The van der Waals surface area contributed by atoms with Crippen LogP contribution in [-0.4, -0.2) is 24.9 Å². The number of nitrogens with one attached hydrogen (secondary N) is 1. The number of hydrogen-bond donors (Lipinski definition) is 1. The zero-order valence-electron chi connectivity index (χ0n) is 11.1. The Kier molecular flexibility index (Phi) is 5.99. The van der Waals surface area contributed by atoms with E-state index in [4.69, 9.17) is 16.3 Å². The summed E-state index contributed by atoms with van der Waals surface area (Å²) < 4.78 is 5.06. The molecule has 0 aliphatic rings. The molecule has 0 spiro atoms. The smallest absolute Gasteiger partial charge is 0.224 e. The van der Waals surface area contributed by atoms with Crippen LogP contribution in [0.1, 0.15) is 19.4 Å². The van der Waals surface area contributed by atoms with Crippen LogP contribution in [0.4, 0.5) is 0 Å². The van der Waals surface area contributed by atoms with Crippen molar-refractivity contribution in [2.75, 3.05) is 13.7 Å². The van der Waals surface area contributed by atoms with Gasteiger partial charge in [0.2, 0.25) is 5.91 Å². The Bertz CT molecular complexity index is 376. The van der Waals surface area contributed by atoms with Gasteiger partial charge in [0.05, 0.1) is 18.9 Å². The summed E-state index contributed by atoms with van der Waals surface area (Å²) in [7, 11) is 1.62. The van der Waals surface area contributed by atoms with Crippen LogP contribution in [0.3, 0.4) is 0 Å². The predicted molar refractivity (Wildman–Crippen MR) is 74.2 cm³/mol. The predicted octanol–water partition coefficient (Wildman–Crippen LogP) is 2.62. The fourth-order valence-electron chi connectivity index (χ4n) is 1.44. The second-order valence-electron chi connectivity index (χ2n) is 4.59. The molecule has 1 N–H and O–H groups in total. The fraction of sp³-hybridized carbons (Fsp3) is 0.500. The Morgan fingerprint density at radius 1 is 1.33 bits per heavy atom. The van der Waals surface area contributed by atoms with Gasteiger partial charge in [-0.15, -0.1) is 11.6 Å². The summed E-state index contributed by atoms with van der Waals surface area (Å²) in [5, 5.41) is 2.82. The Morgan fingerprint density at radius 3 is 2.44 bits per heavy atom. The van der Waals surface area contributed by atoms with Crippen LogP contribution in [0.15, 0.2) is 24.3 Å². The molecule has 1 aromatic rings. The van der Waals surface area contributed by atoms with Crippen molar-refractivity contribution in [2.45, 2.75) is 25.6 Å². The van der Waals surface area contributed by atoms with Crippen LogP contribution >= 0.6 is 11.6 Å². The van der Waals surface area contributed by atoms with Gasteiger partial charge < -0.3 is 10.1 Å². The van der Waals surface area contributed by atoms with Crippen LogP contribution < -0.4 is 10.1 Å². The van der Waals surface area contributed by atoms with Crippen LogP contribution in [0.25, 0.3) is 0 Å². The molecule has 1 atom stereocenters. The molecule has 0 fully saturated rings. The lowest BCUT2D eigenvalue weighted by Gasteiger charge is -2.14. The number of carbonyl (C=O) groups excluding carboxylic acids is 1. The molecule has 1 aromatic carbocycles. The summed E-state index contributed by atoms with van der Waals surface area (Å²) in [6.45, 7) is 4.58. The third kappa shape index (κ3) is 4.96. The standard InChI is InChI=1S/C14H20ClNO2/c1-10(2)13(15)9-16-14(17)8-11-4-6-12(18-3)7-5-11/h4-7,10,13H,8-9H2,1-3H3,(H,16,17). The summed E-state index contributed by atoms with van der Waals surface area (Å²) in [5.41, 5.74) is 0.962.